The van der Waals surface area contributed by atoms with Crippen LogP contribution in [0.15, 0.2) is 103 Å². The Kier molecular flexibility index (Phi) is 3.72. The summed E-state index contributed by atoms with van der Waals surface area (Å²) >= 11 is 1.74. The van der Waals surface area contributed by atoms with E-state index in [9.17, 15) is 0 Å². The molecule has 32 heavy (non-hydrogen) atoms. The molecule has 4 aromatic carbocycles. The van der Waals surface area contributed by atoms with Gasteiger partial charge >= 0.3 is 0 Å². The first-order valence-electron chi connectivity index (χ1n) is 10.6. The van der Waals surface area contributed by atoms with Gasteiger partial charge in [-0.05, 0) is 42.5 Å². The van der Waals surface area contributed by atoms with Crippen molar-refractivity contribution >= 4 is 53.4 Å². The van der Waals surface area contributed by atoms with Crippen molar-refractivity contribution in [1.82, 2.24) is 14.5 Å². The second-order valence-corrected chi connectivity index (χ2v) is 9.01. The number of para-hydroxylation sites is 2. The van der Waals surface area contributed by atoms with Gasteiger partial charge in [0.25, 0.3) is 0 Å². The van der Waals surface area contributed by atoms with Crippen molar-refractivity contribution in [3.05, 3.63) is 103 Å². The molecule has 0 bridgehead atoms. The first kappa shape index (κ1) is 17.6. The van der Waals surface area contributed by atoms with Crippen LogP contribution in [0, 0.1) is 0 Å². The number of hydrogen-bond donors (Lipinski definition) is 0. The van der Waals surface area contributed by atoms with Gasteiger partial charge in [-0.3, -0.25) is 0 Å². The number of rotatable bonds is 2. The lowest BCUT2D eigenvalue weighted by Crippen LogP contribution is -1.94. The van der Waals surface area contributed by atoms with Crippen LogP contribution in [0.4, 0.5) is 0 Å². The average Bonchev–Trinajstić information content (AvgIpc) is 3.40. The minimum absolute atomic E-state index is 0.759. The largest absolute Gasteiger partial charge is 0.309 e. The molecule has 0 saturated heterocycles. The van der Waals surface area contributed by atoms with Crippen LogP contribution in [0.25, 0.3) is 59.2 Å². The van der Waals surface area contributed by atoms with Gasteiger partial charge in [0.15, 0.2) is 5.82 Å². The van der Waals surface area contributed by atoms with Crippen LogP contribution in [-0.4, -0.2) is 14.5 Å². The van der Waals surface area contributed by atoms with Gasteiger partial charge in [0.2, 0.25) is 0 Å². The topological polar surface area (TPSA) is 30.7 Å². The summed E-state index contributed by atoms with van der Waals surface area (Å²) in [4.78, 5) is 9.58. The Bertz CT molecular complexity index is 1720. The first-order valence-corrected chi connectivity index (χ1v) is 11.4. The highest BCUT2D eigenvalue weighted by Gasteiger charge is 2.13. The zero-order chi connectivity index (χ0) is 21.1. The zero-order valence-electron chi connectivity index (χ0n) is 17.1. The highest BCUT2D eigenvalue weighted by atomic mass is 32.1. The van der Waals surface area contributed by atoms with Crippen LogP contribution >= 0.6 is 11.3 Å². The Labute approximate surface area is 188 Å². The molecule has 0 atom stereocenters. The maximum Gasteiger partial charge on any atom is 0.159 e. The fourth-order valence-electron chi connectivity index (χ4n) is 4.61. The Balaban J connectivity index is 1.38. The molecule has 7 rings (SSSR count). The SMILES string of the molecule is c1ccc2c(c1)sc1cnc(-c3ccc(-n4c5ccccc5c5ccccc54)cc3)nc12. The van der Waals surface area contributed by atoms with E-state index in [0.29, 0.717) is 0 Å². The first-order chi connectivity index (χ1) is 15.9. The lowest BCUT2D eigenvalue weighted by molar-refractivity contribution is 1.17. The number of nitrogens with zero attached hydrogens (tertiary/aromatic N) is 3. The molecular weight excluding hydrogens is 410 g/mol. The predicted octanol–water partition coefficient (Wildman–Crippen LogP) is 7.61. The number of hydrogen-bond acceptors (Lipinski definition) is 3. The highest BCUT2D eigenvalue weighted by Crippen LogP contribution is 2.34. The van der Waals surface area contributed by atoms with E-state index >= 15 is 0 Å². The molecule has 0 N–H and O–H groups in total. The number of aromatic nitrogens is 3. The molecule has 150 valence electrons. The van der Waals surface area contributed by atoms with E-state index in [-0.39, 0.29) is 0 Å². The maximum absolute atomic E-state index is 4.92. The number of benzene rings is 4. The van der Waals surface area contributed by atoms with Crippen molar-refractivity contribution in [3.63, 3.8) is 0 Å². The molecular formula is C28H17N3S. The van der Waals surface area contributed by atoms with Gasteiger partial charge in [0, 0.05) is 38.3 Å². The molecule has 0 amide bonds. The number of thiophene rings is 1. The summed E-state index contributed by atoms with van der Waals surface area (Å²) in [6.45, 7) is 0. The molecule has 0 aliphatic heterocycles. The third-order valence-electron chi connectivity index (χ3n) is 6.08. The van der Waals surface area contributed by atoms with Crippen molar-refractivity contribution in [3.8, 4) is 17.1 Å². The molecule has 0 spiro atoms. The smallest absolute Gasteiger partial charge is 0.159 e. The van der Waals surface area contributed by atoms with Gasteiger partial charge in [-0.25, -0.2) is 9.97 Å². The van der Waals surface area contributed by atoms with Crippen LogP contribution in [-0.2, 0) is 0 Å². The Morgan fingerprint density at radius 1 is 0.594 bits per heavy atom. The summed E-state index contributed by atoms with van der Waals surface area (Å²) < 4.78 is 4.69. The fraction of sp³-hybridized carbons (Fsp3) is 0. The summed E-state index contributed by atoms with van der Waals surface area (Å²) in [7, 11) is 0. The Morgan fingerprint density at radius 3 is 1.94 bits per heavy atom. The molecule has 0 radical (unpaired) electrons. The van der Waals surface area contributed by atoms with E-state index in [2.05, 4.69) is 107 Å². The van der Waals surface area contributed by atoms with Crippen molar-refractivity contribution in [2.75, 3.05) is 0 Å². The van der Waals surface area contributed by atoms with E-state index in [1.54, 1.807) is 11.3 Å². The van der Waals surface area contributed by atoms with Crippen molar-refractivity contribution in [2.24, 2.45) is 0 Å². The minimum atomic E-state index is 0.759. The maximum atomic E-state index is 4.92. The third kappa shape index (κ3) is 2.53. The molecule has 0 saturated carbocycles. The van der Waals surface area contributed by atoms with Gasteiger partial charge in [-0.15, -0.1) is 11.3 Å². The van der Waals surface area contributed by atoms with Gasteiger partial charge in [-0.1, -0.05) is 54.6 Å². The summed E-state index contributed by atoms with van der Waals surface area (Å²) in [6, 6.07) is 34.1. The van der Waals surface area contributed by atoms with Crippen molar-refractivity contribution in [1.29, 1.82) is 0 Å². The highest BCUT2D eigenvalue weighted by molar-refractivity contribution is 7.25. The summed E-state index contributed by atoms with van der Waals surface area (Å²) in [5, 5.41) is 3.73. The zero-order valence-corrected chi connectivity index (χ0v) is 17.9. The molecule has 0 fully saturated rings. The fourth-order valence-corrected chi connectivity index (χ4v) is 5.62. The summed E-state index contributed by atoms with van der Waals surface area (Å²) in [5.41, 5.74) is 5.61. The average molecular weight is 428 g/mol. The third-order valence-corrected chi connectivity index (χ3v) is 7.18. The van der Waals surface area contributed by atoms with Gasteiger partial charge in [-0.2, -0.15) is 0 Å². The number of fused-ring (bicyclic) bond motifs is 6. The second kappa shape index (κ2) is 6.74. The summed E-state index contributed by atoms with van der Waals surface area (Å²) in [6.07, 6.45) is 1.95. The van der Waals surface area contributed by atoms with E-state index < -0.39 is 0 Å². The molecule has 7 aromatic rings. The molecule has 3 nitrogen and oxygen atoms in total. The van der Waals surface area contributed by atoms with E-state index in [1.807, 2.05) is 6.20 Å². The van der Waals surface area contributed by atoms with Crippen LogP contribution < -0.4 is 0 Å². The Morgan fingerprint density at radius 2 is 1.22 bits per heavy atom. The normalized spacial score (nSPS) is 11.8. The molecule has 0 unspecified atom stereocenters. The predicted molar refractivity (Wildman–Crippen MR) is 135 cm³/mol. The minimum Gasteiger partial charge on any atom is -0.309 e. The van der Waals surface area contributed by atoms with Crippen LogP contribution in [0.2, 0.25) is 0 Å². The summed E-state index contributed by atoms with van der Waals surface area (Å²) in [5.74, 6) is 0.759. The van der Waals surface area contributed by atoms with Crippen LogP contribution in [0.5, 0.6) is 0 Å². The standard InChI is InChI=1S/C28H17N3S/c1-4-10-23-20(7-1)21-8-2-5-11-24(21)31(23)19-15-13-18(14-16-19)28-29-17-26-27(30-28)22-9-3-6-12-25(22)32-26/h1-17H. The van der Waals surface area contributed by atoms with E-state index in [4.69, 9.17) is 4.98 Å². The molecule has 4 heteroatoms. The monoisotopic (exact) mass is 427 g/mol. The Hall–Kier alpha value is -4.02. The van der Waals surface area contributed by atoms with E-state index in [1.165, 1.54) is 31.9 Å². The van der Waals surface area contributed by atoms with Gasteiger partial charge in [0.1, 0.15) is 0 Å². The lowest BCUT2D eigenvalue weighted by Gasteiger charge is -2.09. The molecule has 3 aromatic heterocycles. The van der Waals surface area contributed by atoms with Crippen LogP contribution in [0.3, 0.4) is 0 Å². The lowest BCUT2D eigenvalue weighted by atomic mass is 10.1. The quantitative estimate of drug-likeness (QED) is 0.284. The molecule has 0 aliphatic rings. The van der Waals surface area contributed by atoms with Gasteiger partial charge < -0.3 is 4.57 Å². The van der Waals surface area contributed by atoms with Gasteiger partial charge in [0.05, 0.1) is 21.3 Å². The van der Waals surface area contributed by atoms with Crippen molar-refractivity contribution < 1.29 is 0 Å². The molecule has 3 heterocycles. The van der Waals surface area contributed by atoms with E-state index in [0.717, 1.165) is 27.3 Å². The van der Waals surface area contributed by atoms with Crippen LogP contribution in [0.1, 0.15) is 0 Å². The molecule has 0 aliphatic carbocycles. The van der Waals surface area contributed by atoms with Crippen molar-refractivity contribution in [2.45, 2.75) is 0 Å². The second-order valence-electron chi connectivity index (χ2n) is 7.92.